The normalized spacial score (nSPS) is 13.1. The second kappa shape index (κ2) is 7.60. The van der Waals surface area contributed by atoms with Crippen molar-refractivity contribution in [1.29, 1.82) is 0 Å². The highest BCUT2D eigenvalue weighted by molar-refractivity contribution is 7.17. The van der Waals surface area contributed by atoms with Gasteiger partial charge >= 0.3 is 5.97 Å². The van der Waals surface area contributed by atoms with Crippen molar-refractivity contribution in [1.82, 2.24) is 0 Å². The molecule has 0 saturated heterocycles. The van der Waals surface area contributed by atoms with Gasteiger partial charge in [0, 0.05) is 11.0 Å². The monoisotopic (exact) mass is 395 g/mol. The summed E-state index contributed by atoms with van der Waals surface area (Å²) in [5.74, 6) is -0.737. The molecule has 4 nitrogen and oxygen atoms in total. The van der Waals surface area contributed by atoms with Crippen LogP contribution in [-0.4, -0.2) is 19.0 Å². The van der Waals surface area contributed by atoms with E-state index in [0.29, 0.717) is 20.6 Å². The molecule has 2 aromatic rings. The molecule has 0 radical (unpaired) electrons. The molecule has 1 aliphatic rings. The Bertz CT molecular complexity index is 873. The Labute approximate surface area is 159 Å². The van der Waals surface area contributed by atoms with Crippen LogP contribution < -0.4 is 5.32 Å². The molecule has 0 saturated carbocycles. The van der Waals surface area contributed by atoms with Crippen molar-refractivity contribution in [3.63, 3.8) is 0 Å². The first-order valence-electron chi connectivity index (χ1n) is 7.66. The lowest BCUT2D eigenvalue weighted by Gasteiger charge is -2.05. The zero-order valence-corrected chi connectivity index (χ0v) is 15.7. The maximum atomic E-state index is 12.2. The first kappa shape index (κ1) is 18.0. The lowest BCUT2D eigenvalue weighted by atomic mass is 10.1. The van der Waals surface area contributed by atoms with Gasteiger partial charge in [-0.3, -0.25) is 4.79 Å². The summed E-state index contributed by atoms with van der Waals surface area (Å²) in [7, 11) is 1.34. The number of amides is 1. The van der Waals surface area contributed by atoms with E-state index in [1.807, 2.05) is 0 Å². The zero-order chi connectivity index (χ0) is 18.0. The number of benzene rings is 1. The second-order valence-electron chi connectivity index (χ2n) is 5.55. The number of hydrogen-bond donors (Lipinski definition) is 1. The predicted molar refractivity (Wildman–Crippen MR) is 102 cm³/mol. The van der Waals surface area contributed by atoms with Gasteiger partial charge in [-0.25, -0.2) is 4.79 Å². The van der Waals surface area contributed by atoms with Gasteiger partial charge < -0.3 is 10.1 Å². The number of methoxy groups -OCH3 is 1. The first-order valence-corrected chi connectivity index (χ1v) is 9.24. The van der Waals surface area contributed by atoms with E-state index in [4.69, 9.17) is 27.9 Å². The van der Waals surface area contributed by atoms with Gasteiger partial charge in [-0.2, -0.15) is 0 Å². The van der Waals surface area contributed by atoms with Crippen LogP contribution in [0.25, 0.3) is 6.08 Å². The number of carbonyl (C=O) groups excluding carboxylic acids is 2. The van der Waals surface area contributed by atoms with Crippen molar-refractivity contribution in [2.75, 3.05) is 12.4 Å². The minimum atomic E-state index is -0.414. The van der Waals surface area contributed by atoms with E-state index in [-0.39, 0.29) is 5.91 Å². The van der Waals surface area contributed by atoms with E-state index < -0.39 is 5.97 Å². The minimum Gasteiger partial charge on any atom is -0.465 e. The zero-order valence-electron chi connectivity index (χ0n) is 13.4. The van der Waals surface area contributed by atoms with Gasteiger partial charge in [-0.05, 0) is 48.6 Å². The van der Waals surface area contributed by atoms with Crippen LogP contribution in [0.3, 0.4) is 0 Å². The number of halogens is 2. The summed E-state index contributed by atoms with van der Waals surface area (Å²) < 4.78 is 4.87. The molecule has 3 rings (SSSR count). The standard InChI is InChI=1S/C18H15Cl2NO3S/c1-24-18(23)16-11-3-2-4-14(11)25-17(16)21-15(22)8-6-10-5-7-12(19)13(20)9-10/h5-9H,2-4H2,1H3,(H,21,22)/b8-6+. The van der Waals surface area contributed by atoms with E-state index in [9.17, 15) is 9.59 Å². The summed E-state index contributed by atoms with van der Waals surface area (Å²) >= 11 is 13.3. The van der Waals surface area contributed by atoms with Gasteiger partial charge in [-0.1, -0.05) is 29.3 Å². The number of anilines is 1. The Kier molecular flexibility index (Phi) is 5.47. The Morgan fingerprint density at radius 2 is 2.04 bits per heavy atom. The molecule has 1 aromatic carbocycles. The fourth-order valence-electron chi connectivity index (χ4n) is 2.75. The Balaban J connectivity index is 1.78. The molecule has 1 amide bonds. The molecular weight excluding hydrogens is 381 g/mol. The number of rotatable bonds is 4. The van der Waals surface area contributed by atoms with E-state index in [0.717, 1.165) is 35.3 Å². The predicted octanol–water partition coefficient (Wildman–Crippen LogP) is 4.98. The van der Waals surface area contributed by atoms with Crippen molar-refractivity contribution in [2.45, 2.75) is 19.3 Å². The Hall–Kier alpha value is -1.82. The van der Waals surface area contributed by atoms with Gasteiger partial charge in [0.05, 0.1) is 22.7 Å². The minimum absolute atomic E-state index is 0.323. The van der Waals surface area contributed by atoms with Crippen LogP contribution in [0.5, 0.6) is 0 Å². The van der Waals surface area contributed by atoms with Crippen LogP contribution in [0.15, 0.2) is 24.3 Å². The fourth-order valence-corrected chi connectivity index (χ4v) is 4.34. The van der Waals surface area contributed by atoms with Crippen molar-refractivity contribution in [3.05, 3.63) is 55.9 Å². The van der Waals surface area contributed by atoms with Crippen LogP contribution in [0.4, 0.5) is 5.00 Å². The molecule has 0 fully saturated rings. The fraction of sp³-hybridized carbons (Fsp3) is 0.222. The van der Waals surface area contributed by atoms with Crippen LogP contribution in [-0.2, 0) is 22.4 Å². The number of fused-ring (bicyclic) bond motifs is 1. The second-order valence-corrected chi connectivity index (χ2v) is 7.47. The summed E-state index contributed by atoms with van der Waals surface area (Å²) in [5, 5.41) is 4.21. The van der Waals surface area contributed by atoms with Crippen molar-refractivity contribution < 1.29 is 14.3 Å². The summed E-state index contributed by atoms with van der Waals surface area (Å²) in [6, 6.07) is 5.10. The number of nitrogens with one attached hydrogen (secondary N) is 1. The van der Waals surface area contributed by atoms with Gasteiger partial charge in [0.2, 0.25) is 5.91 Å². The molecule has 0 spiro atoms. The third kappa shape index (κ3) is 3.89. The smallest absolute Gasteiger partial charge is 0.341 e. The number of esters is 1. The van der Waals surface area contributed by atoms with Gasteiger partial charge in [0.1, 0.15) is 5.00 Å². The van der Waals surface area contributed by atoms with Gasteiger partial charge in [0.25, 0.3) is 0 Å². The topological polar surface area (TPSA) is 55.4 Å². The SMILES string of the molecule is COC(=O)c1c(NC(=O)/C=C/c2ccc(Cl)c(Cl)c2)sc2c1CCC2. The van der Waals surface area contributed by atoms with Crippen molar-refractivity contribution in [2.24, 2.45) is 0 Å². The molecule has 0 unspecified atom stereocenters. The molecule has 130 valence electrons. The van der Waals surface area contributed by atoms with E-state index in [1.165, 1.54) is 24.5 Å². The first-order chi connectivity index (χ1) is 12.0. The highest BCUT2D eigenvalue weighted by atomic mass is 35.5. The summed E-state index contributed by atoms with van der Waals surface area (Å²) in [5.41, 5.74) is 2.24. The molecule has 1 aliphatic carbocycles. The average molecular weight is 396 g/mol. The summed E-state index contributed by atoms with van der Waals surface area (Å²) in [4.78, 5) is 25.4. The molecule has 1 aromatic heterocycles. The quantitative estimate of drug-likeness (QED) is 0.586. The highest BCUT2D eigenvalue weighted by Gasteiger charge is 2.27. The number of ether oxygens (including phenoxy) is 1. The van der Waals surface area contributed by atoms with Crippen molar-refractivity contribution in [3.8, 4) is 0 Å². The van der Waals surface area contributed by atoms with Crippen LogP contribution in [0.2, 0.25) is 10.0 Å². The largest absolute Gasteiger partial charge is 0.465 e. The molecule has 1 heterocycles. The molecule has 1 N–H and O–H groups in total. The summed E-state index contributed by atoms with van der Waals surface area (Å²) in [6.07, 6.45) is 5.82. The molecule has 25 heavy (non-hydrogen) atoms. The molecular formula is C18H15Cl2NO3S. The van der Waals surface area contributed by atoms with Crippen LogP contribution in [0, 0.1) is 0 Å². The van der Waals surface area contributed by atoms with Gasteiger partial charge in [0.15, 0.2) is 0 Å². The van der Waals surface area contributed by atoms with Crippen LogP contribution >= 0.6 is 34.5 Å². The Morgan fingerprint density at radius 3 is 2.76 bits per heavy atom. The van der Waals surface area contributed by atoms with E-state index >= 15 is 0 Å². The lowest BCUT2D eigenvalue weighted by molar-refractivity contribution is -0.111. The van der Waals surface area contributed by atoms with E-state index in [2.05, 4.69) is 5.32 Å². The molecule has 0 atom stereocenters. The maximum absolute atomic E-state index is 12.2. The number of carbonyl (C=O) groups is 2. The molecule has 0 aliphatic heterocycles. The summed E-state index contributed by atoms with van der Waals surface area (Å²) in [6.45, 7) is 0. The van der Waals surface area contributed by atoms with E-state index in [1.54, 1.807) is 24.3 Å². The number of hydrogen-bond acceptors (Lipinski definition) is 4. The third-order valence-electron chi connectivity index (χ3n) is 3.92. The lowest BCUT2D eigenvalue weighted by Crippen LogP contribution is -2.12. The van der Waals surface area contributed by atoms with Crippen LogP contribution in [0.1, 0.15) is 32.8 Å². The average Bonchev–Trinajstić information content (AvgIpc) is 3.16. The number of thiophene rings is 1. The van der Waals surface area contributed by atoms with Crippen molar-refractivity contribution >= 4 is 57.5 Å². The highest BCUT2D eigenvalue weighted by Crippen LogP contribution is 2.39. The maximum Gasteiger partial charge on any atom is 0.341 e. The Morgan fingerprint density at radius 1 is 1.24 bits per heavy atom. The number of aryl methyl sites for hydroxylation is 1. The molecule has 0 bridgehead atoms. The molecule has 7 heteroatoms. The van der Waals surface area contributed by atoms with Gasteiger partial charge in [-0.15, -0.1) is 11.3 Å². The third-order valence-corrected chi connectivity index (χ3v) is 5.86.